The second-order valence-electron chi connectivity index (χ2n) is 11.1. The van der Waals surface area contributed by atoms with Crippen molar-refractivity contribution in [3.05, 3.63) is 94.0 Å². The number of benzene rings is 3. The highest BCUT2D eigenvalue weighted by atomic mass is 35.5. The van der Waals surface area contributed by atoms with Crippen molar-refractivity contribution >= 4 is 39.1 Å². The zero-order chi connectivity index (χ0) is 29.8. The van der Waals surface area contributed by atoms with Crippen LogP contribution in [0.25, 0.3) is 0 Å². The van der Waals surface area contributed by atoms with Gasteiger partial charge >= 0.3 is 0 Å². The van der Waals surface area contributed by atoms with E-state index in [0.29, 0.717) is 16.3 Å². The number of halogens is 1. The van der Waals surface area contributed by atoms with E-state index in [9.17, 15) is 18.0 Å². The third kappa shape index (κ3) is 7.43. The van der Waals surface area contributed by atoms with Crippen LogP contribution >= 0.6 is 11.6 Å². The van der Waals surface area contributed by atoms with Crippen LogP contribution in [0, 0.1) is 20.8 Å². The van der Waals surface area contributed by atoms with Gasteiger partial charge in [0.15, 0.2) is 0 Å². The SMILES string of the molecule is Cc1ccc(S(=O)(=O)N(CC(=O)N(Cc2ccccc2Cl)[C@H](C)C(=O)NC(C)(C)C)c2cccc(C)c2C)cc1. The van der Waals surface area contributed by atoms with Gasteiger partial charge in [0.05, 0.1) is 10.6 Å². The molecule has 7 nitrogen and oxygen atoms in total. The average Bonchev–Trinajstić information content (AvgIpc) is 2.87. The summed E-state index contributed by atoms with van der Waals surface area (Å²) in [4.78, 5) is 28.7. The number of amides is 2. The number of anilines is 1. The van der Waals surface area contributed by atoms with Crippen LogP contribution in [0.3, 0.4) is 0 Å². The molecule has 0 radical (unpaired) electrons. The molecule has 0 bridgehead atoms. The molecule has 3 aromatic carbocycles. The van der Waals surface area contributed by atoms with Crippen LogP contribution in [0.1, 0.15) is 49.9 Å². The lowest BCUT2D eigenvalue weighted by Gasteiger charge is -2.34. The Labute approximate surface area is 243 Å². The summed E-state index contributed by atoms with van der Waals surface area (Å²) in [6.07, 6.45) is 0. The number of carbonyl (C=O) groups is 2. The van der Waals surface area contributed by atoms with Crippen molar-refractivity contribution in [2.24, 2.45) is 0 Å². The zero-order valence-corrected chi connectivity index (χ0v) is 25.7. The normalized spacial score (nSPS) is 12.5. The Morgan fingerprint density at radius 1 is 0.925 bits per heavy atom. The van der Waals surface area contributed by atoms with Gasteiger partial charge in [-0.3, -0.25) is 13.9 Å². The highest BCUT2D eigenvalue weighted by Gasteiger charge is 2.34. The molecule has 3 rings (SSSR count). The molecular formula is C31H38ClN3O4S. The van der Waals surface area contributed by atoms with E-state index in [4.69, 9.17) is 11.6 Å². The molecule has 0 aliphatic rings. The first-order valence-electron chi connectivity index (χ1n) is 13.1. The molecule has 0 saturated heterocycles. The number of rotatable bonds is 9. The van der Waals surface area contributed by atoms with Gasteiger partial charge < -0.3 is 10.2 Å². The van der Waals surface area contributed by atoms with Crippen LogP contribution in [-0.4, -0.2) is 43.3 Å². The fourth-order valence-electron chi connectivity index (χ4n) is 4.22. The predicted octanol–water partition coefficient (Wildman–Crippen LogP) is 5.79. The minimum atomic E-state index is -4.14. The van der Waals surface area contributed by atoms with Crippen molar-refractivity contribution in [2.75, 3.05) is 10.8 Å². The lowest BCUT2D eigenvalue weighted by molar-refractivity contribution is -0.140. The third-order valence-electron chi connectivity index (χ3n) is 6.70. The lowest BCUT2D eigenvalue weighted by atomic mass is 10.1. The molecule has 40 heavy (non-hydrogen) atoms. The Hall–Kier alpha value is -3.36. The maximum absolute atomic E-state index is 14.1. The van der Waals surface area contributed by atoms with E-state index in [1.807, 2.05) is 47.6 Å². The number of nitrogens with one attached hydrogen (secondary N) is 1. The molecule has 2 amide bonds. The number of sulfonamides is 1. The van der Waals surface area contributed by atoms with Crippen molar-refractivity contribution in [3.8, 4) is 0 Å². The van der Waals surface area contributed by atoms with Gasteiger partial charge in [0.25, 0.3) is 10.0 Å². The van der Waals surface area contributed by atoms with Crippen molar-refractivity contribution in [1.29, 1.82) is 0 Å². The summed E-state index contributed by atoms with van der Waals surface area (Å²) < 4.78 is 29.2. The van der Waals surface area contributed by atoms with Crippen LogP contribution < -0.4 is 9.62 Å². The molecule has 0 saturated carbocycles. The molecule has 0 unspecified atom stereocenters. The number of hydrogen-bond donors (Lipinski definition) is 1. The van der Waals surface area contributed by atoms with E-state index in [-0.39, 0.29) is 17.3 Å². The topological polar surface area (TPSA) is 86.8 Å². The van der Waals surface area contributed by atoms with E-state index in [0.717, 1.165) is 21.0 Å². The van der Waals surface area contributed by atoms with E-state index < -0.39 is 34.1 Å². The molecule has 0 spiro atoms. The minimum absolute atomic E-state index is 0.0302. The van der Waals surface area contributed by atoms with Crippen molar-refractivity contribution < 1.29 is 18.0 Å². The first kappa shape index (κ1) is 31.2. The molecule has 0 aliphatic heterocycles. The van der Waals surface area contributed by atoms with Gasteiger partial charge in [-0.25, -0.2) is 8.42 Å². The highest BCUT2D eigenvalue weighted by Crippen LogP contribution is 2.29. The molecule has 1 atom stereocenters. The van der Waals surface area contributed by atoms with Gasteiger partial charge in [-0.05, 0) is 89.4 Å². The first-order chi connectivity index (χ1) is 18.6. The van der Waals surface area contributed by atoms with Gasteiger partial charge in [-0.2, -0.15) is 0 Å². The van der Waals surface area contributed by atoms with Gasteiger partial charge in [-0.15, -0.1) is 0 Å². The molecule has 9 heteroatoms. The van der Waals surface area contributed by atoms with Gasteiger partial charge in [-0.1, -0.05) is 59.6 Å². The van der Waals surface area contributed by atoms with Crippen molar-refractivity contribution in [2.45, 2.75) is 71.5 Å². The Morgan fingerprint density at radius 2 is 1.55 bits per heavy atom. The van der Waals surface area contributed by atoms with E-state index in [1.54, 1.807) is 55.5 Å². The van der Waals surface area contributed by atoms with Crippen molar-refractivity contribution in [1.82, 2.24) is 10.2 Å². The summed E-state index contributed by atoms with van der Waals surface area (Å²) in [5.41, 5.74) is 3.07. The van der Waals surface area contributed by atoms with Crippen LogP contribution in [-0.2, 0) is 26.2 Å². The number of nitrogens with zero attached hydrogens (tertiary/aromatic N) is 2. The largest absolute Gasteiger partial charge is 0.350 e. The number of hydrogen-bond acceptors (Lipinski definition) is 4. The number of carbonyl (C=O) groups excluding carboxylic acids is 2. The second-order valence-corrected chi connectivity index (χ2v) is 13.3. The van der Waals surface area contributed by atoms with Crippen LogP contribution in [0.2, 0.25) is 5.02 Å². The van der Waals surface area contributed by atoms with Crippen molar-refractivity contribution in [3.63, 3.8) is 0 Å². The van der Waals surface area contributed by atoms with Gasteiger partial charge in [0.2, 0.25) is 11.8 Å². The average molecular weight is 584 g/mol. The smallest absolute Gasteiger partial charge is 0.264 e. The molecule has 0 fully saturated rings. The Bertz CT molecular complexity index is 1480. The Kier molecular flexibility index (Phi) is 9.69. The maximum Gasteiger partial charge on any atom is 0.264 e. The molecular weight excluding hydrogens is 546 g/mol. The molecule has 0 aliphatic carbocycles. The maximum atomic E-state index is 14.1. The standard InChI is InChI=1S/C31H38ClN3O4S/c1-21-15-17-26(18-16-21)40(38,39)35(28-14-10-11-22(2)23(28)3)20-29(36)34(19-25-12-8-9-13-27(25)32)24(4)30(37)33-31(5,6)7/h8-18,24H,19-20H2,1-7H3,(H,33,37)/t24-/m1/s1. The van der Waals surface area contributed by atoms with Gasteiger partial charge in [0, 0.05) is 17.1 Å². The van der Waals surface area contributed by atoms with Crippen LogP contribution in [0.15, 0.2) is 71.6 Å². The van der Waals surface area contributed by atoms with Crippen LogP contribution in [0.5, 0.6) is 0 Å². The number of aryl methyl sites for hydroxylation is 2. The van der Waals surface area contributed by atoms with E-state index in [1.165, 1.54) is 17.0 Å². The molecule has 214 valence electrons. The summed E-state index contributed by atoms with van der Waals surface area (Å²) in [7, 11) is -4.14. The summed E-state index contributed by atoms with van der Waals surface area (Å²) in [5, 5.41) is 3.37. The predicted molar refractivity (Wildman–Crippen MR) is 161 cm³/mol. The molecule has 0 aromatic heterocycles. The molecule has 1 N–H and O–H groups in total. The monoisotopic (exact) mass is 583 g/mol. The zero-order valence-electron chi connectivity index (χ0n) is 24.2. The summed E-state index contributed by atoms with van der Waals surface area (Å²) in [6.45, 7) is 12.3. The van der Waals surface area contributed by atoms with E-state index in [2.05, 4.69) is 5.32 Å². The van der Waals surface area contributed by atoms with Gasteiger partial charge in [0.1, 0.15) is 12.6 Å². The first-order valence-corrected chi connectivity index (χ1v) is 14.9. The molecule has 0 heterocycles. The fraction of sp³-hybridized carbons (Fsp3) is 0.355. The quantitative estimate of drug-likeness (QED) is 0.345. The van der Waals surface area contributed by atoms with E-state index >= 15 is 0 Å². The fourth-order valence-corrected chi connectivity index (χ4v) is 5.89. The summed E-state index contributed by atoms with van der Waals surface area (Å²) in [6, 6.07) is 18.0. The highest BCUT2D eigenvalue weighted by molar-refractivity contribution is 7.92. The second kappa shape index (κ2) is 12.4. The minimum Gasteiger partial charge on any atom is -0.350 e. The molecule has 3 aromatic rings. The van der Waals surface area contributed by atoms with Crippen LogP contribution in [0.4, 0.5) is 5.69 Å². The summed E-state index contributed by atoms with van der Waals surface area (Å²) in [5.74, 6) is -0.888. The summed E-state index contributed by atoms with van der Waals surface area (Å²) >= 11 is 6.42. The Balaban J connectivity index is 2.09. The Morgan fingerprint density at radius 3 is 2.15 bits per heavy atom. The lowest BCUT2D eigenvalue weighted by Crippen LogP contribution is -2.54. The third-order valence-corrected chi connectivity index (χ3v) is 8.84.